The van der Waals surface area contributed by atoms with Crippen LogP contribution in [0.15, 0.2) is 48.9 Å². The molecule has 0 bridgehead atoms. The zero-order valence-corrected chi connectivity index (χ0v) is 13.7. The van der Waals surface area contributed by atoms with Crippen molar-refractivity contribution in [1.82, 2.24) is 19.7 Å². The van der Waals surface area contributed by atoms with Crippen molar-refractivity contribution in [1.29, 1.82) is 0 Å². The van der Waals surface area contributed by atoms with Gasteiger partial charge in [0, 0.05) is 42.7 Å². The largest absolute Gasteiger partial charge is 0.389 e. The Morgan fingerprint density at radius 3 is 2.56 bits per heavy atom. The van der Waals surface area contributed by atoms with E-state index in [1.165, 1.54) is 0 Å². The molecule has 130 valence electrons. The summed E-state index contributed by atoms with van der Waals surface area (Å²) in [7, 11) is 0. The van der Waals surface area contributed by atoms with E-state index in [-0.39, 0.29) is 13.0 Å². The van der Waals surface area contributed by atoms with Gasteiger partial charge >= 0.3 is 6.18 Å². The fraction of sp³-hybridized carbons (Fsp3) is 0.278. The van der Waals surface area contributed by atoms with E-state index in [0.717, 1.165) is 28.2 Å². The standard InChI is InChI=1S/C18H17F3N4/c1-13-17(23-9-8-22-13)15-5-2-4-14(12-15)16-6-11-25(24-16)10-3-7-18(19,20)21/h2,4-6,8-9,11-12H,3,7,10H2,1H3. The number of nitrogens with zero attached hydrogens (tertiary/aromatic N) is 4. The number of rotatable bonds is 5. The third-order valence-corrected chi connectivity index (χ3v) is 3.80. The molecular weight excluding hydrogens is 329 g/mol. The molecule has 2 heterocycles. The van der Waals surface area contributed by atoms with E-state index in [1.54, 1.807) is 29.3 Å². The summed E-state index contributed by atoms with van der Waals surface area (Å²) in [6, 6.07) is 9.52. The SMILES string of the molecule is Cc1nccnc1-c1cccc(-c2ccn(CCCC(F)(F)F)n2)c1. The average Bonchev–Trinajstić information content (AvgIpc) is 3.03. The molecule has 2 aromatic heterocycles. The Morgan fingerprint density at radius 2 is 1.80 bits per heavy atom. The van der Waals surface area contributed by atoms with Crippen LogP contribution in [0.2, 0.25) is 0 Å². The zero-order valence-electron chi connectivity index (χ0n) is 13.7. The molecular formula is C18H17F3N4. The van der Waals surface area contributed by atoms with E-state index in [1.807, 2.05) is 31.2 Å². The van der Waals surface area contributed by atoms with Crippen molar-refractivity contribution < 1.29 is 13.2 Å². The highest BCUT2D eigenvalue weighted by Gasteiger charge is 2.26. The fourth-order valence-electron chi connectivity index (χ4n) is 2.60. The summed E-state index contributed by atoms with van der Waals surface area (Å²) in [6.45, 7) is 2.13. The first-order valence-corrected chi connectivity index (χ1v) is 7.91. The number of hydrogen-bond donors (Lipinski definition) is 0. The van der Waals surface area contributed by atoms with Crippen LogP contribution in [0.5, 0.6) is 0 Å². The predicted octanol–water partition coefficient (Wildman–Crippen LogP) is 4.66. The number of alkyl halides is 3. The molecule has 0 aliphatic rings. The van der Waals surface area contributed by atoms with Crippen molar-refractivity contribution in [3.05, 3.63) is 54.6 Å². The summed E-state index contributed by atoms with van der Waals surface area (Å²) in [5, 5.41) is 4.37. The second-order valence-corrected chi connectivity index (χ2v) is 5.75. The van der Waals surface area contributed by atoms with Gasteiger partial charge in [0.1, 0.15) is 0 Å². The molecule has 0 saturated carbocycles. The lowest BCUT2D eigenvalue weighted by Gasteiger charge is -2.06. The quantitative estimate of drug-likeness (QED) is 0.675. The maximum atomic E-state index is 12.2. The molecule has 0 aliphatic heterocycles. The summed E-state index contributed by atoms with van der Waals surface area (Å²) in [5.41, 5.74) is 4.16. The fourth-order valence-corrected chi connectivity index (χ4v) is 2.60. The van der Waals surface area contributed by atoms with Gasteiger partial charge in [-0.15, -0.1) is 0 Å². The van der Waals surface area contributed by atoms with Crippen LogP contribution in [0.1, 0.15) is 18.5 Å². The zero-order chi connectivity index (χ0) is 17.9. The highest BCUT2D eigenvalue weighted by atomic mass is 19.4. The first-order valence-electron chi connectivity index (χ1n) is 7.91. The Kier molecular flexibility index (Phi) is 4.83. The van der Waals surface area contributed by atoms with Crippen molar-refractivity contribution in [3.63, 3.8) is 0 Å². The van der Waals surface area contributed by atoms with Crippen molar-refractivity contribution in [2.75, 3.05) is 0 Å². The molecule has 0 atom stereocenters. The maximum absolute atomic E-state index is 12.2. The van der Waals surface area contributed by atoms with Crippen LogP contribution < -0.4 is 0 Å². The van der Waals surface area contributed by atoms with Gasteiger partial charge < -0.3 is 0 Å². The van der Waals surface area contributed by atoms with E-state index < -0.39 is 12.6 Å². The predicted molar refractivity (Wildman–Crippen MR) is 88.7 cm³/mol. The van der Waals surface area contributed by atoms with Gasteiger partial charge in [0.05, 0.1) is 17.1 Å². The molecule has 0 amide bonds. The Morgan fingerprint density at radius 1 is 1.04 bits per heavy atom. The second-order valence-electron chi connectivity index (χ2n) is 5.75. The van der Waals surface area contributed by atoms with Crippen molar-refractivity contribution >= 4 is 0 Å². The lowest BCUT2D eigenvalue weighted by atomic mass is 10.0. The molecule has 25 heavy (non-hydrogen) atoms. The van der Waals surface area contributed by atoms with E-state index in [9.17, 15) is 13.2 Å². The lowest BCUT2D eigenvalue weighted by Crippen LogP contribution is -2.09. The van der Waals surface area contributed by atoms with Gasteiger partial charge in [-0.2, -0.15) is 18.3 Å². The van der Waals surface area contributed by atoms with Gasteiger partial charge in [-0.3, -0.25) is 14.6 Å². The number of aromatic nitrogens is 4. The minimum absolute atomic E-state index is 0.0173. The monoisotopic (exact) mass is 346 g/mol. The Bertz CT molecular complexity index is 855. The van der Waals surface area contributed by atoms with E-state index in [0.29, 0.717) is 0 Å². The second kappa shape index (κ2) is 7.04. The maximum Gasteiger partial charge on any atom is 0.389 e. The molecule has 0 N–H and O–H groups in total. The molecule has 0 fully saturated rings. The molecule has 3 aromatic rings. The first kappa shape index (κ1) is 17.1. The highest BCUT2D eigenvalue weighted by Crippen LogP contribution is 2.26. The first-order chi connectivity index (χ1) is 11.9. The summed E-state index contributed by atoms with van der Waals surface area (Å²) in [5.74, 6) is 0. The Hall–Kier alpha value is -2.70. The van der Waals surface area contributed by atoms with Gasteiger partial charge in [0.15, 0.2) is 0 Å². The summed E-state index contributed by atoms with van der Waals surface area (Å²) >= 11 is 0. The average molecular weight is 346 g/mol. The Labute approximate surface area is 143 Å². The number of aryl methyl sites for hydroxylation is 2. The molecule has 0 saturated heterocycles. The van der Waals surface area contributed by atoms with Gasteiger partial charge in [0.25, 0.3) is 0 Å². The van der Waals surface area contributed by atoms with E-state index in [2.05, 4.69) is 15.1 Å². The van der Waals surface area contributed by atoms with Crippen LogP contribution in [0.4, 0.5) is 13.2 Å². The van der Waals surface area contributed by atoms with Gasteiger partial charge in [-0.1, -0.05) is 18.2 Å². The van der Waals surface area contributed by atoms with Crippen LogP contribution in [0.3, 0.4) is 0 Å². The van der Waals surface area contributed by atoms with Crippen molar-refractivity contribution in [3.8, 4) is 22.5 Å². The molecule has 0 radical (unpaired) electrons. The molecule has 0 spiro atoms. The van der Waals surface area contributed by atoms with E-state index in [4.69, 9.17) is 0 Å². The van der Waals surface area contributed by atoms with Crippen LogP contribution in [-0.2, 0) is 6.54 Å². The Balaban J connectivity index is 1.77. The smallest absolute Gasteiger partial charge is 0.272 e. The highest BCUT2D eigenvalue weighted by molar-refractivity contribution is 5.70. The van der Waals surface area contributed by atoms with Crippen molar-refractivity contribution in [2.45, 2.75) is 32.5 Å². The van der Waals surface area contributed by atoms with Crippen LogP contribution in [0.25, 0.3) is 22.5 Å². The van der Waals surface area contributed by atoms with Gasteiger partial charge in [-0.05, 0) is 25.5 Å². The molecule has 1 aromatic carbocycles. The van der Waals surface area contributed by atoms with Gasteiger partial charge in [-0.25, -0.2) is 0 Å². The molecule has 0 aliphatic carbocycles. The normalized spacial score (nSPS) is 11.7. The molecule has 7 heteroatoms. The third kappa shape index (κ3) is 4.43. The number of benzene rings is 1. The number of hydrogen-bond acceptors (Lipinski definition) is 3. The topological polar surface area (TPSA) is 43.6 Å². The van der Waals surface area contributed by atoms with E-state index >= 15 is 0 Å². The summed E-state index contributed by atoms with van der Waals surface area (Å²) < 4.78 is 38.2. The minimum atomic E-state index is -4.13. The van der Waals surface area contributed by atoms with Crippen LogP contribution in [-0.4, -0.2) is 25.9 Å². The third-order valence-electron chi connectivity index (χ3n) is 3.80. The van der Waals surface area contributed by atoms with Crippen molar-refractivity contribution in [2.24, 2.45) is 0 Å². The van der Waals surface area contributed by atoms with Gasteiger partial charge in [0.2, 0.25) is 0 Å². The minimum Gasteiger partial charge on any atom is -0.272 e. The number of halogens is 3. The van der Waals surface area contributed by atoms with Crippen LogP contribution in [0, 0.1) is 6.92 Å². The van der Waals surface area contributed by atoms with Crippen LogP contribution >= 0.6 is 0 Å². The molecule has 3 rings (SSSR count). The summed E-state index contributed by atoms with van der Waals surface area (Å²) in [4.78, 5) is 8.60. The lowest BCUT2D eigenvalue weighted by molar-refractivity contribution is -0.136. The summed E-state index contributed by atoms with van der Waals surface area (Å²) in [6.07, 6.45) is 0.0770. The molecule has 4 nitrogen and oxygen atoms in total. The molecule has 0 unspecified atom stereocenters.